The van der Waals surface area contributed by atoms with Gasteiger partial charge in [0.15, 0.2) is 0 Å². The normalized spacial score (nSPS) is 12.1. The van der Waals surface area contributed by atoms with Crippen molar-refractivity contribution in [2.24, 2.45) is 0 Å². The Balaban J connectivity index is 1.78. The molecule has 0 saturated heterocycles. The minimum Gasteiger partial charge on any atom is -0.240 e. The lowest BCUT2D eigenvalue weighted by Crippen LogP contribution is -2.24. The maximum absolute atomic E-state index is 13.0. The third-order valence-corrected chi connectivity index (χ3v) is 5.18. The van der Waals surface area contributed by atoms with Gasteiger partial charge < -0.3 is 0 Å². The van der Waals surface area contributed by atoms with E-state index in [1.807, 2.05) is 0 Å². The number of hydrogen-bond acceptors (Lipinski definition) is 4. The highest BCUT2D eigenvalue weighted by Gasteiger charge is 2.31. The molecule has 2 aromatic carbocycles. The molecule has 1 aromatic heterocycles. The van der Waals surface area contributed by atoms with Gasteiger partial charge in [-0.1, -0.05) is 6.07 Å². The van der Waals surface area contributed by atoms with E-state index in [4.69, 9.17) is 0 Å². The number of alkyl halides is 3. The maximum atomic E-state index is 13.0. The topological polar surface area (TPSA) is 72.0 Å². The van der Waals surface area contributed by atoms with Gasteiger partial charge in [-0.15, -0.1) is 0 Å². The van der Waals surface area contributed by atoms with Crippen molar-refractivity contribution in [1.82, 2.24) is 14.7 Å². The summed E-state index contributed by atoms with van der Waals surface area (Å²) in [5.74, 6) is -0.410. The minimum absolute atomic E-state index is 0.255. The summed E-state index contributed by atoms with van der Waals surface area (Å²) in [4.78, 5) is 7.48. The average Bonchev–Trinajstić information content (AvgIpc) is 2.67. The van der Waals surface area contributed by atoms with E-state index in [0.717, 1.165) is 18.2 Å². The van der Waals surface area contributed by atoms with Crippen molar-refractivity contribution in [1.29, 1.82) is 0 Å². The third kappa shape index (κ3) is 4.70. The Bertz CT molecular complexity index is 1080. The molecule has 3 rings (SSSR count). The Morgan fingerprint density at radius 1 is 0.964 bits per heavy atom. The number of aromatic nitrogens is 2. The number of nitrogens with one attached hydrogen (secondary N) is 1. The second kappa shape index (κ2) is 7.64. The van der Waals surface area contributed by atoms with Crippen molar-refractivity contribution in [3.63, 3.8) is 0 Å². The van der Waals surface area contributed by atoms with Gasteiger partial charge in [-0.05, 0) is 48.5 Å². The predicted molar refractivity (Wildman–Crippen MR) is 92.9 cm³/mol. The van der Waals surface area contributed by atoms with Crippen LogP contribution in [0.3, 0.4) is 0 Å². The van der Waals surface area contributed by atoms with E-state index in [1.165, 1.54) is 36.7 Å². The van der Waals surface area contributed by atoms with Gasteiger partial charge in [-0.3, -0.25) is 0 Å². The van der Waals surface area contributed by atoms with E-state index in [1.54, 1.807) is 0 Å². The first-order valence-corrected chi connectivity index (χ1v) is 9.37. The molecule has 0 atom stereocenters. The SMILES string of the molecule is O=S(=O)(NCc1cc(-c2ccc(F)cc2)ncn1)c1cccc(C(F)(F)F)c1. The average molecular weight is 411 g/mol. The number of sulfonamides is 1. The zero-order chi connectivity index (χ0) is 20.4. The number of nitrogens with zero attached hydrogens (tertiary/aromatic N) is 2. The second-order valence-electron chi connectivity index (χ2n) is 5.75. The molecule has 0 spiro atoms. The molecule has 0 saturated carbocycles. The van der Waals surface area contributed by atoms with Crippen molar-refractivity contribution >= 4 is 10.0 Å². The largest absolute Gasteiger partial charge is 0.416 e. The molecule has 0 radical (unpaired) electrons. The molecule has 5 nitrogen and oxygen atoms in total. The van der Waals surface area contributed by atoms with E-state index >= 15 is 0 Å². The first-order valence-electron chi connectivity index (χ1n) is 7.89. The molecular weight excluding hydrogens is 398 g/mol. The van der Waals surface area contributed by atoms with Crippen LogP contribution in [0.5, 0.6) is 0 Å². The van der Waals surface area contributed by atoms with Crippen molar-refractivity contribution in [2.45, 2.75) is 17.6 Å². The fraction of sp³-hybridized carbons (Fsp3) is 0.111. The van der Waals surface area contributed by atoms with Crippen LogP contribution in [-0.4, -0.2) is 18.4 Å². The summed E-state index contributed by atoms with van der Waals surface area (Å²) in [7, 11) is -4.18. The second-order valence-corrected chi connectivity index (χ2v) is 7.52. The molecule has 146 valence electrons. The van der Waals surface area contributed by atoms with Crippen molar-refractivity contribution in [2.75, 3.05) is 0 Å². The summed E-state index contributed by atoms with van der Waals surface area (Å²) in [6, 6.07) is 10.5. The van der Waals surface area contributed by atoms with Gasteiger partial charge in [-0.2, -0.15) is 13.2 Å². The summed E-state index contributed by atoms with van der Waals surface area (Å²) < 4.78 is 78.2. The van der Waals surface area contributed by atoms with Crippen LogP contribution in [-0.2, 0) is 22.7 Å². The Morgan fingerprint density at radius 2 is 1.68 bits per heavy atom. The molecule has 0 unspecified atom stereocenters. The fourth-order valence-electron chi connectivity index (χ4n) is 2.36. The summed E-state index contributed by atoms with van der Waals surface area (Å²) in [6.45, 7) is -0.255. The predicted octanol–water partition coefficient (Wildman–Crippen LogP) is 3.78. The van der Waals surface area contributed by atoms with Gasteiger partial charge in [0.1, 0.15) is 12.1 Å². The van der Waals surface area contributed by atoms with E-state index in [0.29, 0.717) is 23.0 Å². The molecule has 0 bridgehead atoms. The number of hydrogen-bond donors (Lipinski definition) is 1. The van der Waals surface area contributed by atoms with Crippen LogP contribution in [0.1, 0.15) is 11.3 Å². The highest BCUT2D eigenvalue weighted by molar-refractivity contribution is 7.89. The van der Waals surface area contributed by atoms with Gasteiger partial charge in [-0.25, -0.2) is 27.5 Å². The van der Waals surface area contributed by atoms with Crippen molar-refractivity contribution in [3.05, 3.63) is 78.0 Å². The molecule has 0 fully saturated rings. The Morgan fingerprint density at radius 3 is 2.36 bits per heavy atom. The quantitative estimate of drug-likeness (QED) is 0.649. The van der Waals surface area contributed by atoms with Crippen LogP contribution in [0.2, 0.25) is 0 Å². The maximum Gasteiger partial charge on any atom is 0.416 e. The summed E-state index contributed by atoms with van der Waals surface area (Å²) in [6.07, 6.45) is -3.44. The Hall–Kier alpha value is -2.85. The number of benzene rings is 2. The van der Waals surface area contributed by atoms with E-state index in [9.17, 15) is 26.0 Å². The Labute approximate surface area is 158 Å². The van der Waals surface area contributed by atoms with E-state index in [2.05, 4.69) is 14.7 Å². The van der Waals surface area contributed by atoms with Crippen molar-refractivity contribution in [3.8, 4) is 11.3 Å². The number of halogens is 4. The van der Waals surface area contributed by atoms with Crippen LogP contribution in [0.25, 0.3) is 11.3 Å². The van der Waals surface area contributed by atoms with Crippen LogP contribution in [0.4, 0.5) is 17.6 Å². The van der Waals surface area contributed by atoms with Crippen molar-refractivity contribution < 1.29 is 26.0 Å². The Kier molecular flexibility index (Phi) is 5.43. The van der Waals surface area contributed by atoms with Gasteiger partial charge in [0.25, 0.3) is 0 Å². The third-order valence-electron chi connectivity index (χ3n) is 3.78. The standard InChI is InChI=1S/C18H13F4N3O2S/c19-14-6-4-12(5-7-14)17-9-15(23-11-24-17)10-25-28(26,27)16-3-1-2-13(8-16)18(20,21)22/h1-9,11,25H,10H2. The molecule has 28 heavy (non-hydrogen) atoms. The fourth-order valence-corrected chi connectivity index (χ4v) is 3.41. The van der Waals surface area contributed by atoms with Crippen LogP contribution < -0.4 is 4.72 Å². The zero-order valence-corrected chi connectivity index (χ0v) is 14.9. The first kappa shape index (κ1) is 19.9. The molecule has 1 heterocycles. The molecule has 0 aliphatic heterocycles. The summed E-state index contributed by atoms with van der Waals surface area (Å²) >= 11 is 0. The lowest BCUT2D eigenvalue weighted by molar-refractivity contribution is -0.137. The van der Waals surface area contributed by atoms with Crippen LogP contribution in [0, 0.1) is 5.82 Å². The summed E-state index contributed by atoms with van der Waals surface area (Å²) in [5, 5.41) is 0. The molecule has 3 aromatic rings. The van der Waals surface area contributed by atoms with Gasteiger partial charge >= 0.3 is 6.18 Å². The molecule has 0 amide bonds. The molecule has 10 heteroatoms. The lowest BCUT2D eigenvalue weighted by Gasteiger charge is -2.10. The van der Waals surface area contributed by atoms with Crippen LogP contribution in [0.15, 0.2) is 65.8 Å². The van der Waals surface area contributed by atoms with Gasteiger partial charge in [0.2, 0.25) is 10.0 Å². The van der Waals surface area contributed by atoms with Crippen LogP contribution >= 0.6 is 0 Å². The molecular formula is C18H13F4N3O2S. The van der Waals surface area contributed by atoms with Gasteiger partial charge in [0.05, 0.1) is 28.4 Å². The summed E-state index contributed by atoms with van der Waals surface area (Å²) in [5.41, 5.74) is 0.287. The number of rotatable bonds is 5. The monoisotopic (exact) mass is 411 g/mol. The minimum atomic E-state index is -4.65. The van der Waals surface area contributed by atoms with E-state index < -0.39 is 32.5 Å². The zero-order valence-electron chi connectivity index (χ0n) is 14.1. The first-order chi connectivity index (χ1) is 13.1. The molecule has 0 aliphatic rings. The van der Waals surface area contributed by atoms with E-state index in [-0.39, 0.29) is 6.54 Å². The lowest BCUT2D eigenvalue weighted by atomic mass is 10.1. The highest BCUT2D eigenvalue weighted by Crippen LogP contribution is 2.30. The van der Waals surface area contributed by atoms with Gasteiger partial charge in [0, 0.05) is 5.56 Å². The molecule has 0 aliphatic carbocycles. The molecule has 1 N–H and O–H groups in total. The smallest absolute Gasteiger partial charge is 0.240 e. The highest BCUT2D eigenvalue weighted by atomic mass is 32.2.